The minimum atomic E-state index is -0.122. The molecule has 1 aliphatic rings. The lowest BCUT2D eigenvalue weighted by Crippen LogP contribution is -2.35. The Balaban J connectivity index is 1.66. The number of anilines is 2. The highest BCUT2D eigenvalue weighted by molar-refractivity contribution is 7.19. The number of carbonyl (C=O) groups excluding carboxylic acids is 1. The molecule has 3 aromatic rings. The first-order chi connectivity index (χ1) is 13.1. The van der Waals surface area contributed by atoms with Crippen LogP contribution in [-0.4, -0.2) is 42.2 Å². The number of ether oxygens (including phenoxy) is 1. The molecule has 27 heavy (non-hydrogen) atoms. The van der Waals surface area contributed by atoms with Crippen LogP contribution in [0.25, 0.3) is 11.1 Å². The molecule has 0 radical (unpaired) electrons. The summed E-state index contributed by atoms with van der Waals surface area (Å²) < 4.78 is 5.48. The molecule has 1 amide bonds. The lowest BCUT2D eigenvalue weighted by molar-refractivity contribution is 0.103. The van der Waals surface area contributed by atoms with Gasteiger partial charge in [0, 0.05) is 35.9 Å². The van der Waals surface area contributed by atoms with Crippen molar-refractivity contribution in [1.82, 2.24) is 9.97 Å². The van der Waals surface area contributed by atoms with Crippen LogP contribution in [0.1, 0.15) is 20.2 Å². The highest BCUT2D eigenvalue weighted by atomic mass is 32.1. The number of carbonyl (C=O) groups is 1. The van der Waals surface area contributed by atoms with Crippen molar-refractivity contribution in [3.05, 3.63) is 46.0 Å². The van der Waals surface area contributed by atoms with Crippen molar-refractivity contribution in [1.29, 1.82) is 0 Å². The van der Waals surface area contributed by atoms with E-state index in [9.17, 15) is 4.79 Å². The molecule has 4 rings (SSSR count). The number of hydrogen-bond donors (Lipinski definition) is 1. The number of nitrogens with zero attached hydrogens (tertiary/aromatic N) is 3. The molecule has 1 saturated heterocycles. The Morgan fingerprint density at radius 2 is 1.93 bits per heavy atom. The number of aromatic nitrogens is 2. The number of thiazole rings is 1. The second-order valence-corrected chi connectivity index (χ2v) is 8.51. The zero-order valence-corrected chi connectivity index (χ0v) is 16.8. The molecule has 1 fully saturated rings. The van der Waals surface area contributed by atoms with Crippen molar-refractivity contribution in [2.45, 2.75) is 13.8 Å². The number of morpholine rings is 1. The Hall–Kier alpha value is -2.29. The maximum atomic E-state index is 12.8. The fraction of sp³-hybridized carbons (Fsp3) is 0.316. The van der Waals surface area contributed by atoms with Gasteiger partial charge in [-0.1, -0.05) is 0 Å². The fourth-order valence-corrected chi connectivity index (χ4v) is 4.85. The number of nitrogens with one attached hydrogen (secondary N) is 1. The summed E-state index contributed by atoms with van der Waals surface area (Å²) in [4.78, 5) is 25.4. The molecule has 4 heterocycles. The Labute approximate surface area is 165 Å². The van der Waals surface area contributed by atoms with Crippen LogP contribution in [0, 0.1) is 13.8 Å². The molecule has 1 N–H and O–H groups in total. The molecular formula is C19H20N4O2S2. The average Bonchev–Trinajstić information content (AvgIpc) is 3.27. The highest BCUT2D eigenvalue weighted by Crippen LogP contribution is 2.39. The molecule has 0 bridgehead atoms. The predicted molar refractivity (Wildman–Crippen MR) is 110 cm³/mol. The monoisotopic (exact) mass is 400 g/mol. The Morgan fingerprint density at radius 3 is 2.59 bits per heavy atom. The van der Waals surface area contributed by atoms with Crippen molar-refractivity contribution in [3.63, 3.8) is 0 Å². The van der Waals surface area contributed by atoms with Gasteiger partial charge in [-0.15, -0.1) is 22.7 Å². The van der Waals surface area contributed by atoms with Crippen LogP contribution in [0.2, 0.25) is 0 Å². The molecular weight excluding hydrogens is 380 g/mol. The third-order valence-corrected chi connectivity index (χ3v) is 6.66. The second kappa shape index (κ2) is 7.75. The molecule has 0 saturated carbocycles. The van der Waals surface area contributed by atoms with Crippen molar-refractivity contribution >= 4 is 38.7 Å². The maximum absolute atomic E-state index is 12.8. The summed E-state index contributed by atoms with van der Waals surface area (Å²) in [5, 5.41) is 4.68. The largest absolute Gasteiger partial charge is 0.378 e. The van der Waals surface area contributed by atoms with Crippen molar-refractivity contribution in [2.75, 3.05) is 36.5 Å². The molecule has 6 nitrogen and oxygen atoms in total. The first-order valence-electron chi connectivity index (χ1n) is 8.74. The molecule has 0 aliphatic carbocycles. The third-order valence-electron chi connectivity index (χ3n) is 4.47. The standard InChI is InChI=1S/C19H20N4O2S2/c1-12-13(2)26-19(21-12)22-17(24)16-11-15(14-3-5-20-6-4-14)18(27-16)23-7-9-25-10-8-23/h3-6,11H,7-10H2,1-2H3,(H,21,22,24). The van der Waals surface area contributed by atoms with E-state index in [0.717, 1.165) is 39.8 Å². The molecule has 1 aliphatic heterocycles. The van der Waals surface area contributed by atoms with Gasteiger partial charge in [-0.3, -0.25) is 15.1 Å². The molecule has 0 atom stereocenters. The predicted octanol–water partition coefficient (Wildman–Crippen LogP) is 3.97. The van der Waals surface area contributed by atoms with Gasteiger partial charge in [0.1, 0.15) is 0 Å². The normalized spacial score (nSPS) is 14.4. The molecule has 0 spiro atoms. The zero-order chi connectivity index (χ0) is 18.8. The van der Waals surface area contributed by atoms with E-state index in [1.807, 2.05) is 32.0 Å². The van der Waals surface area contributed by atoms with Gasteiger partial charge < -0.3 is 9.64 Å². The molecule has 0 unspecified atom stereocenters. The summed E-state index contributed by atoms with van der Waals surface area (Å²) >= 11 is 3.01. The number of pyridine rings is 1. The van der Waals surface area contributed by atoms with Gasteiger partial charge in [0.2, 0.25) is 0 Å². The van der Waals surface area contributed by atoms with Crippen LogP contribution in [-0.2, 0) is 4.74 Å². The van der Waals surface area contributed by atoms with Crippen LogP contribution in [0.4, 0.5) is 10.1 Å². The van der Waals surface area contributed by atoms with E-state index in [1.54, 1.807) is 12.4 Å². The Morgan fingerprint density at radius 1 is 1.19 bits per heavy atom. The number of amides is 1. The van der Waals surface area contributed by atoms with E-state index in [0.29, 0.717) is 23.2 Å². The summed E-state index contributed by atoms with van der Waals surface area (Å²) in [5.74, 6) is -0.122. The maximum Gasteiger partial charge on any atom is 0.267 e. The quantitative estimate of drug-likeness (QED) is 0.718. The van der Waals surface area contributed by atoms with E-state index in [-0.39, 0.29) is 5.91 Å². The number of aryl methyl sites for hydroxylation is 2. The SMILES string of the molecule is Cc1nc(NC(=O)c2cc(-c3ccncc3)c(N3CCOCC3)s2)sc1C. The first kappa shape index (κ1) is 18.1. The smallest absolute Gasteiger partial charge is 0.267 e. The highest BCUT2D eigenvalue weighted by Gasteiger charge is 2.22. The zero-order valence-electron chi connectivity index (χ0n) is 15.2. The summed E-state index contributed by atoms with van der Waals surface area (Å²) in [5.41, 5.74) is 3.07. The average molecular weight is 401 g/mol. The molecule has 140 valence electrons. The van der Waals surface area contributed by atoms with Crippen molar-refractivity contribution in [2.24, 2.45) is 0 Å². The van der Waals surface area contributed by atoms with Crippen LogP contribution >= 0.6 is 22.7 Å². The van der Waals surface area contributed by atoms with Crippen LogP contribution in [0.15, 0.2) is 30.6 Å². The molecule has 8 heteroatoms. The summed E-state index contributed by atoms with van der Waals surface area (Å²) in [6.07, 6.45) is 3.55. The summed E-state index contributed by atoms with van der Waals surface area (Å²) in [6.45, 7) is 7.01. The van der Waals surface area contributed by atoms with E-state index >= 15 is 0 Å². The van der Waals surface area contributed by atoms with Crippen LogP contribution in [0.5, 0.6) is 0 Å². The summed E-state index contributed by atoms with van der Waals surface area (Å²) in [6, 6.07) is 5.91. The fourth-order valence-electron chi connectivity index (χ4n) is 2.92. The van der Waals surface area contributed by atoms with Crippen molar-refractivity contribution < 1.29 is 9.53 Å². The van der Waals surface area contributed by atoms with Gasteiger partial charge in [-0.2, -0.15) is 0 Å². The van der Waals surface area contributed by atoms with Crippen LogP contribution in [0.3, 0.4) is 0 Å². The second-order valence-electron chi connectivity index (χ2n) is 6.28. The van der Waals surface area contributed by atoms with Crippen molar-refractivity contribution in [3.8, 4) is 11.1 Å². The van der Waals surface area contributed by atoms with Gasteiger partial charge in [-0.25, -0.2) is 4.98 Å². The van der Waals surface area contributed by atoms with Gasteiger partial charge in [0.05, 0.1) is 28.8 Å². The van der Waals surface area contributed by atoms with E-state index in [1.165, 1.54) is 22.7 Å². The lowest BCUT2D eigenvalue weighted by atomic mass is 10.1. The number of thiophene rings is 1. The topological polar surface area (TPSA) is 67.4 Å². The van der Waals surface area contributed by atoms with E-state index < -0.39 is 0 Å². The van der Waals surface area contributed by atoms with Gasteiger partial charge in [-0.05, 0) is 37.6 Å². The van der Waals surface area contributed by atoms with Gasteiger partial charge in [0.25, 0.3) is 5.91 Å². The minimum absolute atomic E-state index is 0.122. The Kier molecular flexibility index (Phi) is 5.20. The van der Waals surface area contributed by atoms with Gasteiger partial charge in [0.15, 0.2) is 5.13 Å². The molecule has 0 aromatic carbocycles. The lowest BCUT2D eigenvalue weighted by Gasteiger charge is -2.28. The number of rotatable bonds is 4. The first-order valence-corrected chi connectivity index (χ1v) is 10.4. The summed E-state index contributed by atoms with van der Waals surface area (Å²) in [7, 11) is 0. The third kappa shape index (κ3) is 3.87. The van der Waals surface area contributed by atoms with E-state index in [4.69, 9.17) is 4.74 Å². The van der Waals surface area contributed by atoms with E-state index in [2.05, 4.69) is 20.2 Å². The minimum Gasteiger partial charge on any atom is -0.378 e. The Bertz CT molecular complexity index is 927. The van der Waals surface area contributed by atoms with Gasteiger partial charge >= 0.3 is 0 Å². The number of hydrogen-bond acceptors (Lipinski definition) is 7. The van der Waals surface area contributed by atoms with Crippen LogP contribution < -0.4 is 10.2 Å². The molecule has 3 aromatic heterocycles.